The first-order chi connectivity index (χ1) is 39.3. The average Bonchev–Trinajstić information content (AvgIpc) is 4.05. The fraction of sp³-hybridized carbons (Fsp3) is 0.188. The number of oxazole rings is 2. The Bertz CT molecular complexity index is 3480. The summed E-state index contributed by atoms with van der Waals surface area (Å²) < 4.78 is 40.1. The van der Waals surface area contributed by atoms with Gasteiger partial charge in [0.05, 0.1) is 24.6 Å². The molecule has 0 aliphatic rings. The Morgan fingerprint density at radius 1 is 0.444 bits per heavy atom. The first kappa shape index (κ1) is 57.0. The second-order valence-electron chi connectivity index (χ2n) is 18.6. The Kier molecular flexibility index (Phi) is 20.0. The molecular weight excluding hydrogens is 1030 g/mol. The van der Waals surface area contributed by atoms with Gasteiger partial charge in [0, 0.05) is 37.1 Å². The lowest BCUT2D eigenvalue weighted by atomic mass is 10.2. The minimum atomic E-state index is -1.16. The Labute approximate surface area is 468 Å². The molecule has 2 aromatic heterocycles. The number of aromatic nitrogens is 2. The zero-order valence-electron chi connectivity index (χ0n) is 44.9. The van der Waals surface area contributed by atoms with E-state index in [2.05, 4.69) is 9.97 Å². The van der Waals surface area contributed by atoms with E-state index in [0.717, 1.165) is 55.0 Å². The van der Waals surface area contributed by atoms with Gasteiger partial charge < -0.3 is 42.7 Å². The summed E-state index contributed by atoms with van der Waals surface area (Å²) in [6.45, 7) is 5.86. The van der Waals surface area contributed by atoms with Crippen molar-refractivity contribution in [2.75, 3.05) is 26.3 Å². The number of rotatable bonds is 23. The van der Waals surface area contributed by atoms with Crippen molar-refractivity contribution in [3.8, 4) is 51.7 Å². The van der Waals surface area contributed by atoms with Gasteiger partial charge in [0.1, 0.15) is 60.0 Å². The van der Waals surface area contributed by atoms with Crippen LogP contribution in [0.4, 0.5) is 9.59 Å². The van der Waals surface area contributed by atoms with E-state index >= 15 is 0 Å². The minimum absolute atomic E-state index is 0.0173. The van der Waals surface area contributed by atoms with E-state index in [-0.39, 0.29) is 18.8 Å². The summed E-state index contributed by atoms with van der Waals surface area (Å²) in [5.41, 5.74) is 6.91. The van der Waals surface area contributed by atoms with Crippen molar-refractivity contribution in [2.24, 2.45) is 0 Å². The molecule has 0 spiro atoms. The summed E-state index contributed by atoms with van der Waals surface area (Å²) in [6, 6.07) is 57.0. The van der Waals surface area contributed by atoms with E-state index in [1.165, 1.54) is 0 Å². The predicted molar refractivity (Wildman–Crippen MR) is 301 cm³/mol. The summed E-state index contributed by atoms with van der Waals surface area (Å²) in [5.74, 6) is 2.75. The Morgan fingerprint density at radius 2 is 0.840 bits per heavy atom. The van der Waals surface area contributed by atoms with Gasteiger partial charge >= 0.3 is 24.1 Å². The molecule has 9 rings (SSSR count). The topological polar surface area (TPSA) is 213 Å². The molecule has 414 valence electrons. The number of hydrogen-bond acceptors (Lipinski definition) is 13. The molecule has 0 atom stereocenters. The Balaban J connectivity index is 0.000000216. The van der Waals surface area contributed by atoms with Crippen molar-refractivity contribution < 1.29 is 61.9 Å². The van der Waals surface area contributed by atoms with Gasteiger partial charge in [-0.2, -0.15) is 0 Å². The van der Waals surface area contributed by atoms with Crippen molar-refractivity contribution >= 4 is 24.1 Å². The zero-order valence-corrected chi connectivity index (χ0v) is 44.9. The van der Waals surface area contributed by atoms with Crippen molar-refractivity contribution in [1.29, 1.82) is 0 Å². The van der Waals surface area contributed by atoms with Gasteiger partial charge in [-0.3, -0.25) is 19.4 Å². The highest BCUT2D eigenvalue weighted by atomic mass is 16.6. The minimum Gasteiger partial charge on any atom is -0.493 e. The zero-order chi connectivity index (χ0) is 56.9. The number of carboxylic acid groups (broad SMARTS) is 2. The smallest absolute Gasteiger partial charge is 0.416 e. The number of aryl methyl sites for hydroxylation is 3. The summed E-state index contributed by atoms with van der Waals surface area (Å²) in [4.78, 5) is 60.0. The molecule has 0 bridgehead atoms. The highest BCUT2D eigenvalue weighted by molar-refractivity contribution is 5.79. The van der Waals surface area contributed by atoms with Crippen LogP contribution in [0.5, 0.6) is 28.7 Å². The highest BCUT2D eigenvalue weighted by Crippen LogP contribution is 2.26. The standard InChI is InChI=1S/C35H32N2O7.C29H28N2O6/c1-25-32(36-34(43-25)28-12-6-3-7-13-28)19-20-41-31-14-8-11-27(21-31)22-37(23-33(38)39)35(40)44-30-17-15-29(16-18-30)42-24-26-9-4-2-5-10-26;1-20-11-13-24(14-12-20)37-29(34)31(19-27(32)33)18-22-7-6-10-25(17-22)35-16-15-26-21(2)36-28(30-26)23-8-4-3-5-9-23/h2-18,21H,19-20,22-24H2,1H3,(H,38,39);3-14,17H,15-16,18-19H2,1-2H3,(H,32,33). The van der Waals surface area contributed by atoms with Gasteiger partial charge in [-0.1, -0.05) is 109 Å². The Hall–Kier alpha value is -10.2. The molecular formula is C64H60N4O13. The van der Waals surface area contributed by atoms with E-state index in [9.17, 15) is 29.4 Å². The molecule has 0 saturated heterocycles. The van der Waals surface area contributed by atoms with Crippen LogP contribution in [-0.4, -0.2) is 80.4 Å². The van der Waals surface area contributed by atoms with Gasteiger partial charge in [-0.05, 0) is 122 Å². The lowest BCUT2D eigenvalue weighted by Crippen LogP contribution is -2.37. The molecule has 2 N–H and O–H groups in total. The second-order valence-corrected chi connectivity index (χ2v) is 18.6. The molecule has 0 radical (unpaired) electrons. The number of aliphatic carboxylic acids is 2. The van der Waals surface area contributed by atoms with Crippen molar-refractivity contribution in [3.63, 3.8) is 0 Å². The maximum Gasteiger partial charge on any atom is 0.416 e. The van der Waals surface area contributed by atoms with Crippen molar-refractivity contribution in [2.45, 2.75) is 53.3 Å². The van der Waals surface area contributed by atoms with Crippen LogP contribution in [0.3, 0.4) is 0 Å². The molecule has 81 heavy (non-hydrogen) atoms. The van der Waals surface area contributed by atoms with Gasteiger partial charge in [0.15, 0.2) is 0 Å². The molecule has 0 fully saturated rings. The van der Waals surface area contributed by atoms with Crippen molar-refractivity contribution in [3.05, 3.63) is 233 Å². The third-order valence-electron chi connectivity index (χ3n) is 12.3. The summed E-state index contributed by atoms with van der Waals surface area (Å²) in [6.07, 6.45) is -0.430. The second kappa shape index (κ2) is 28.5. The monoisotopic (exact) mass is 1090 g/mol. The summed E-state index contributed by atoms with van der Waals surface area (Å²) in [7, 11) is 0. The maximum atomic E-state index is 13.0. The number of amides is 2. The van der Waals surface area contributed by atoms with Gasteiger partial charge in [0.2, 0.25) is 11.8 Å². The fourth-order valence-electron chi connectivity index (χ4n) is 8.15. The van der Waals surface area contributed by atoms with Gasteiger partial charge in [0.25, 0.3) is 0 Å². The van der Waals surface area contributed by atoms with Crippen LogP contribution in [0, 0.1) is 20.8 Å². The van der Waals surface area contributed by atoms with Crippen LogP contribution in [0.1, 0.15) is 45.2 Å². The lowest BCUT2D eigenvalue weighted by Gasteiger charge is -2.20. The van der Waals surface area contributed by atoms with Crippen LogP contribution in [0.15, 0.2) is 197 Å². The molecule has 0 aliphatic carbocycles. The number of benzene rings is 7. The van der Waals surface area contributed by atoms with Gasteiger partial charge in [-0.25, -0.2) is 19.6 Å². The molecule has 2 heterocycles. The molecule has 9 aromatic rings. The maximum absolute atomic E-state index is 13.0. The molecule has 0 aliphatic heterocycles. The predicted octanol–water partition coefficient (Wildman–Crippen LogP) is 12.6. The van der Waals surface area contributed by atoms with Crippen LogP contribution < -0.4 is 23.7 Å². The fourth-order valence-corrected chi connectivity index (χ4v) is 8.15. The highest BCUT2D eigenvalue weighted by Gasteiger charge is 2.22. The third kappa shape index (κ3) is 17.7. The summed E-state index contributed by atoms with van der Waals surface area (Å²) >= 11 is 0. The molecule has 2 amide bonds. The van der Waals surface area contributed by atoms with Crippen LogP contribution >= 0.6 is 0 Å². The average molecular weight is 1090 g/mol. The quantitative estimate of drug-likeness (QED) is 0.0609. The van der Waals surface area contributed by atoms with E-state index < -0.39 is 37.2 Å². The Morgan fingerprint density at radius 3 is 1.27 bits per heavy atom. The number of carboxylic acids is 2. The largest absolute Gasteiger partial charge is 0.493 e. The number of carbonyl (C=O) groups excluding carboxylic acids is 2. The normalized spacial score (nSPS) is 10.7. The third-order valence-corrected chi connectivity index (χ3v) is 12.3. The molecule has 7 aromatic carbocycles. The SMILES string of the molecule is Cc1ccc(OC(=O)N(CC(=O)O)Cc2cccc(OCCc3nc(-c4ccccc4)oc3C)c2)cc1.Cc1oc(-c2ccccc2)nc1CCOc1cccc(CN(CC(=O)O)C(=O)Oc2ccc(OCc3ccccc3)cc2)c1. The first-order valence-electron chi connectivity index (χ1n) is 26.0. The van der Waals surface area contributed by atoms with Crippen LogP contribution in [0.2, 0.25) is 0 Å². The van der Waals surface area contributed by atoms with Crippen molar-refractivity contribution in [1.82, 2.24) is 19.8 Å². The van der Waals surface area contributed by atoms with Crippen LogP contribution in [0.25, 0.3) is 22.9 Å². The number of hydrogen-bond donors (Lipinski definition) is 2. The molecule has 17 heteroatoms. The lowest BCUT2D eigenvalue weighted by molar-refractivity contribution is -0.138. The van der Waals surface area contributed by atoms with Gasteiger partial charge in [-0.15, -0.1) is 0 Å². The molecule has 0 saturated carbocycles. The van der Waals surface area contributed by atoms with E-state index in [1.54, 1.807) is 84.9 Å². The van der Waals surface area contributed by atoms with E-state index in [4.69, 9.17) is 32.5 Å². The number of carbonyl (C=O) groups is 4. The number of ether oxygens (including phenoxy) is 5. The number of nitrogens with zero attached hydrogens (tertiary/aromatic N) is 4. The molecule has 0 unspecified atom stereocenters. The van der Waals surface area contributed by atoms with E-state index in [1.807, 2.05) is 124 Å². The first-order valence-corrected chi connectivity index (χ1v) is 26.0. The summed E-state index contributed by atoms with van der Waals surface area (Å²) in [5, 5.41) is 18.7. The molecule has 17 nitrogen and oxygen atoms in total. The van der Waals surface area contributed by atoms with E-state index in [0.29, 0.717) is 78.6 Å². The van der Waals surface area contributed by atoms with Crippen LogP contribution in [-0.2, 0) is 42.1 Å².